The summed E-state index contributed by atoms with van der Waals surface area (Å²) in [6, 6.07) is 7.37. The van der Waals surface area contributed by atoms with Crippen LogP contribution in [0.3, 0.4) is 0 Å². The van der Waals surface area contributed by atoms with Crippen LogP contribution in [0.2, 0.25) is 5.02 Å². The highest BCUT2D eigenvalue weighted by Crippen LogP contribution is 2.15. The maximum absolute atomic E-state index is 11.6. The minimum absolute atomic E-state index is 0.139. The molecule has 0 unspecified atom stereocenters. The standard InChI is InChI=1S/C14H14ClN3O/c15-13-4-2-1-3-11(13)5-6-14(19)17-8-7-12-9-16-10-18-12/h1-6,9-10H,7-8H2,(H,16,18)(H,17,19). The van der Waals surface area contributed by atoms with E-state index >= 15 is 0 Å². The van der Waals surface area contributed by atoms with Gasteiger partial charge in [-0.1, -0.05) is 29.8 Å². The number of hydrogen-bond donors (Lipinski definition) is 2. The van der Waals surface area contributed by atoms with Crippen LogP contribution in [-0.2, 0) is 11.2 Å². The van der Waals surface area contributed by atoms with Crippen molar-refractivity contribution in [3.05, 3.63) is 59.1 Å². The Morgan fingerprint density at radius 2 is 2.26 bits per heavy atom. The molecule has 1 aromatic carbocycles. The van der Waals surface area contributed by atoms with Crippen molar-refractivity contribution in [2.24, 2.45) is 0 Å². The quantitative estimate of drug-likeness (QED) is 0.824. The second-order valence-electron chi connectivity index (χ2n) is 3.97. The Kier molecular flexibility index (Phi) is 4.75. The maximum atomic E-state index is 11.6. The van der Waals surface area contributed by atoms with Gasteiger partial charge in [0, 0.05) is 36.0 Å². The molecular weight excluding hydrogens is 262 g/mol. The van der Waals surface area contributed by atoms with Crippen molar-refractivity contribution in [2.45, 2.75) is 6.42 Å². The van der Waals surface area contributed by atoms with Crippen LogP contribution in [0.25, 0.3) is 6.08 Å². The van der Waals surface area contributed by atoms with Gasteiger partial charge in [0.05, 0.1) is 6.33 Å². The first-order chi connectivity index (χ1) is 9.25. The minimum atomic E-state index is -0.139. The normalized spacial score (nSPS) is 10.8. The Balaban J connectivity index is 1.79. The fourth-order valence-corrected chi connectivity index (χ4v) is 1.78. The molecule has 1 aromatic heterocycles. The zero-order valence-corrected chi connectivity index (χ0v) is 11.0. The van der Waals surface area contributed by atoms with E-state index in [9.17, 15) is 4.79 Å². The lowest BCUT2D eigenvalue weighted by atomic mass is 10.2. The number of imidazole rings is 1. The van der Waals surface area contributed by atoms with Gasteiger partial charge in [0.2, 0.25) is 5.91 Å². The van der Waals surface area contributed by atoms with Gasteiger partial charge in [-0.3, -0.25) is 4.79 Å². The number of carbonyl (C=O) groups excluding carboxylic acids is 1. The lowest BCUT2D eigenvalue weighted by molar-refractivity contribution is -0.116. The number of nitrogens with one attached hydrogen (secondary N) is 2. The molecule has 2 rings (SSSR count). The number of H-pyrrole nitrogens is 1. The Bertz CT molecular complexity index is 564. The highest BCUT2D eigenvalue weighted by molar-refractivity contribution is 6.32. The van der Waals surface area contributed by atoms with Crippen molar-refractivity contribution < 1.29 is 4.79 Å². The van der Waals surface area contributed by atoms with Gasteiger partial charge in [-0.25, -0.2) is 4.98 Å². The lowest BCUT2D eigenvalue weighted by Crippen LogP contribution is -2.23. The molecule has 0 aliphatic heterocycles. The molecular formula is C14H14ClN3O. The van der Waals surface area contributed by atoms with Crippen LogP contribution in [0.15, 0.2) is 42.9 Å². The molecule has 98 valence electrons. The van der Waals surface area contributed by atoms with Crippen molar-refractivity contribution in [3.63, 3.8) is 0 Å². The van der Waals surface area contributed by atoms with Crippen LogP contribution in [0, 0.1) is 0 Å². The van der Waals surface area contributed by atoms with Gasteiger partial charge in [0.15, 0.2) is 0 Å². The molecule has 2 N–H and O–H groups in total. The molecule has 0 bridgehead atoms. The Morgan fingerprint density at radius 1 is 1.42 bits per heavy atom. The van der Waals surface area contributed by atoms with E-state index in [-0.39, 0.29) is 5.91 Å². The number of rotatable bonds is 5. The summed E-state index contributed by atoms with van der Waals surface area (Å²) in [6.07, 6.45) is 7.27. The second kappa shape index (κ2) is 6.75. The highest BCUT2D eigenvalue weighted by atomic mass is 35.5. The molecule has 5 heteroatoms. The molecule has 0 aliphatic rings. The number of nitrogens with zero attached hydrogens (tertiary/aromatic N) is 1. The number of amides is 1. The molecule has 0 saturated heterocycles. The first-order valence-corrected chi connectivity index (χ1v) is 6.31. The number of carbonyl (C=O) groups is 1. The molecule has 0 saturated carbocycles. The van der Waals surface area contributed by atoms with Gasteiger partial charge >= 0.3 is 0 Å². The van der Waals surface area contributed by atoms with E-state index in [0.29, 0.717) is 11.6 Å². The summed E-state index contributed by atoms with van der Waals surface area (Å²) in [5.41, 5.74) is 1.82. The summed E-state index contributed by atoms with van der Waals surface area (Å²) in [6.45, 7) is 0.563. The van der Waals surface area contributed by atoms with E-state index in [1.807, 2.05) is 18.2 Å². The third-order valence-electron chi connectivity index (χ3n) is 2.57. The van der Waals surface area contributed by atoms with Gasteiger partial charge in [-0.05, 0) is 17.7 Å². The van der Waals surface area contributed by atoms with Crippen LogP contribution < -0.4 is 5.32 Å². The number of aromatic nitrogens is 2. The minimum Gasteiger partial charge on any atom is -0.352 e. The van der Waals surface area contributed by atoms with Crippen molar-refractivity contribution in [3.8, 4) is 0 Å². The summed E-state index contributed by atoms with van der Waals surface area (Å²) in [5.74, 6) is -0.139. The molecule has 19 heavy (non-hydrogen) atoms. The first kappa shape index (κ1) is 13.4. The zero-order valence-electron chi connectivity index (χ0n) is 10.3. The molecule has 4 nitrogen and oxygen atoms in total. The average Bonchev–Trinajstić information content (AvgIpc) is 2.91. The van der Waals surface area contributed by atoms with Gasteiger partial charge in [0.25, 0.3) is 0 Å². The second-order valence-corrected chi connectivity index (χ2v) is 4.38. The van der Waals surface area contributed by atoms with Gasteiger partial charge in [-0.15, -0.1) is 0 Å². The number of benzene rings is 1. The lowest BCUT2D eigenvalue weighted by Gasteiger charge is -2.00. The van der Waals surface area contributed by atoms with Crippen molar-refractivity contribution in [1.29, 1.82) is 0 Å². The highest BCUT2D eigenvalue weighted by Gasteiger charge is 1.98. The smallest absolute Gasteiger partial charge is 0.244 e. The van der Waals surface area contributed by atoms with E-state index in [4.69, 9.17) is 11.6 Å². The third kappa shape index (κ3) is 4.26. The Morgan fingerprint density at radius 3 is 3.00 bits per heavy atom. The molecule has 1 amide bonds. The zero-order chi connectivity index (χ0) is 13.5. The van der Waals surface area contributed by atoms with Crippen molar-refractivity contribution in [1.82, 2.24) is 15.3 Å². The molecule has 0 atom stereocenters. The van der Waals surface area contributed by atoms with E-state index < -0.39 is 0 Å². The predicted octanol–water partition coefficient (Wildman–Crippen LogP) is 2.44. The van der Waals surface area contributed by atoms with Crippen LogP contribution in [0.5, 0.6) is 0 Å². The van der Waals surface area contributed by atoms with Crippen molar-refractivity contribution in [2.75, 3.05) is 6.54 Å². The SMILES string of the molecule is O=C(C=Cc1ccccc1Cl)NCCc1cnc[nH]1. The number of hydrogen-bond acceptors (Lipinski definition) is 2. The maximum Gasteiger partial charge on any atom is 0.244 e. The molecule has 0 radical (unpaired) electrons. The van der Waals surface area contributed by atoms with Crippen LogP contribution in [-0.4, -0.2) is 22.4 Å². The fourth-order valence-electron chi connectivity index (χ4n) is 1.58. The average molecular weight is 276 g/mol. The molecule has 0 aliphatic carbocycles. The summed E-state index contributed by atoms with van der Waals surface area (Å²) in [5, 5.41) is 3.42. The Hall–Kier alpha value is -2.07. The number of halogens is 1. The molecule has 2 aromatic rings. The van der Waals surface area contributed by atoms with E-state index in [0.717, 1.165) is 17.7 Å². The largest absolute Gasteiger partial charge is 0.352 e. The van der Waals surface area contributed by atoms with Crippen LogP contribution in [0.4, 0.5) is 0 Å². The first-order valence-electron chi connectivity index (χ1n) is 5.93. The van der Waals surface area contributed by atoms with Crippen molar-refractivity contribution >= 4 is 23.6 Å². The topological polar surface area (TPSA) is 57.8 Å². The molecule has 0 fully saturated rings. The van der Waals surface area contributed by atoms with Gasteiger partial charge < -0.3 is 10.3 Å². The molecule has 0 spiro atoms. The summed E-state index contributed by atoms with van der Waals surface area (Å²) in [7, 11) is 0. The van der Waals surface area contributed by atoms with E-state index in [1.165, 1.54) is 6.08 Å². The van der Waals surface area contributed by atoms with E-state index in [2.05, 4.69) is 15.3 Å². The van der Waals surface area contributed by atoms with Gasteiger partial charge in [-0.2, -0.15) is 0 Å². The van der Waals surface area contributed by atoms with Crippen LogP contribution in [0.1, 0.15) is 11.3 Å². The van der Waals surface area contributed by atoms with E-state index in [1.54, 1.807) is 24.7 Å². The summed E-state index contributed by atoms with van der Waals surface area (Å²) in [4.78, 5) is 18.5. The summed E-state index contributed by atoms with van der Waals surface area (Å²) >= 11 is 5.99. The van der Waals surface area contributed by atoms with Crippen LogP contribution >= 0.6 is 11.6 Å². The fraction of sp³-hybridized carbons (Fsp3) is 0.143. The third-order valence-corrected chi connectivity index (χ3v) is 2.91. The number of aromatic amines is 1. The molecule has 1 heterocycles. The summed E-state index contributed by atoms with van der Waals surface area (Å²) < 4.78 is 0. The predicted molar refractivity (Wildman–Crippen MR) is 75.8 cm³/mol. The van der Waals surface area contributed by atoms with Gasteiger partial charge in [0.1, 0.15) is 0 Å². The monoisotopic (exact) mass is 275 g/mol. The Labute approximate surface area is 116 Å².